The minimum Gasteiger partial charge on any atom is -0.0831 e. The summed E-state index contributed by atoms with van der Waals surface area (Å²) in [6.45, 7) is 0. The van der Waals surface area contributed by atoms with Crippen LogP contribution in [-0.4, -0.2) is 8.65 Å². The van der Waals surface area contributed by atoms with E-state index in [-0.39, 0.29) is 0 Å². The number of alkyl halides is 2. The van der Waals surface area contributed by atoms with Crippen molar-refractivity contribution in [2.75, 3.05) is 0 Å². The van der Waals surface area contributed by atoms with Crippen molar-refractivity contribution in [1.82, 2.24) is 0 Å². The number of hydrogen-bond acceptors (Lipinski definition) is 0. The standard InChI is InChI=1S/C18H16Br2/c19-17(13-5-1-2-7(5)14(17)8(2)6(1)13)18(20)15-9-3-4-11(9)16(18)12(4)10(3)15/h1-16H. The Morgan fingerprint density at radius 2 is 0.550 bits per heavy atom. The van der Waals surface area contributed by atoms with Gasteiger partial charge < -0.3 is 0 Å². The van der Waals surface area contributed by atoms with E-state index in [2.05, 4.69) is 31.9 Å². The molecule has 0 aromatic heterocycles. The maximum absolute atomic E-state index is 4.56. The van der Waals surface area contributed by atoms with Crippen LogP contribution in [0.25, 0.3) is 0 Å². The first kappa shape index (κ1) is 9.30. The Morgan fingerprint density at radius 1 is 0.350 bits per heavy atom. The van der Waals surface area contributed by atoms with E-state index < -0.39 is 0 Å². The Hall–Kier alpha value is 0.960. The SMILES string of the molecule is BrC1(C2(Br)C3C4C5C6C4C2C6C53)C2C3C4C5C3C1C5C42. The molecule has 0 aliphatic heterocycles. The predicted octanol–water partition coefficient (Wildman–Crippen LogP) is 3.25. The van der Waals surface area contributed by atoms with Crippen molar-refractivity contribution < 1.29 is 0 Å². The quantitative estimate of drug-likeness (QED) is 0.602. The third-order valence-electron chi connectivity index (χ3n) is 12.1. The first-order valence-corrected chi connectivity index (χ1v) is 10.7. The molecule has 0 nitrogen and oxygen atoms in total. The molecule has 20 heavy (non-hydrogen) atoms. The van der Waals surface area contributed by atoms with Crippen molar-refractivity contribution >= 4 is 31.9 Å². The highest BCUT2D eigenvalue weighted by Gasteiger charge is 3.04. The fraction of sp³-hybridized carbons (Fsp3) is 1.00. The molecule has 102 valence electrons. The van der Waals surface area contributed by atoms with Gasteiger partial charge in [0.15, 0.2) is 0 Å². The van der Waals surface area contributed by atoms with Crippen LogP contribution in [0.1, 0.15) is 0 Å². The van der Waals surface area contributed by atoms with Crippen LogP contribution in [0.3, 0.4) is 0 Å². The van der Waals surface area contributed by atoms with Crippen LogP contribution >= 0.6 is 31.9 Å². The molecule has 0 radical (unpaired) electrons. The third-order valence-corrected chi connectivity index (χ3v) is 16.0. The van der Waals surface area contributed by atoms with E-state index >= 15 is 0 Å². The van der Waals surface area contributed by atoms with Crippen LogP contribution in [0.2, 0.25) is 0 Å². The summed E-state index contributed by atoms with van der Waals surface area (Å²) in [5.74, 6) is 19.1. The lowest BCUT2D eigenvalue weighted by molar-refractivity contribution is -0.379. The molecule has 0 N–H and O–H groups in total. The maximum Gasteiger partial charge on any atom is 0.0484 e. The number of fused-ring (bicyclic) bond motifs is 1. The average Bonchev–Trinajstić information content (AvgIpc) is 2.72. The fourth-order valence-corrected chi connectivity index (χ4v) is 16.0. The minimum atomic E-state index is 0.573. The number of rotatable bonds is 1. The molecule has 12 aliphatic carbocycles. The monoisotopic (exact) mass is 390 g/mol. The van der Waals surface area contributed by atoms with Crippen molar-refractivity contribution in [1.29, 1.82) is 0 Å². The van der Waals surface area contributed by atoms with Gasteiger partial charge in [-0.25, -0.2) is 0 Å². The molecule has 8 atom stereocenters. The normalized spacial score (nSPS) is 106. The summed E-state index contributed by atoms with van der Waals surface area (Å²) in [4.78, 5) is 0. The van der Waals surface area contributed by atoms with Crippen molar-refractivity contribution in [2.24, 2.45) is 94.7 Å². The Bertz CT molecular complexity index is 562. The van der Waals surface area contributed by atoms with E-state index in [1.807, 2.05) is 0 Å². The first-order chi connectivity index (χ1) is 9.74. The van der Waals surface area contributed by atoms with E-state index in [4.69, 9.17) is 0 Å². The van der Waals surface area contributed by atoms with E-state index in [0.29, 0.717) is 8.65 Å². The summed E-state index contributed by atoms with van der Waals surface area (Å²) in [5.41, 5.74) is 0. The number of halogens is 2. The lowest BCUT2D eigenvalue weighted by atomic mass is 9.20. The zero-order chi connectivity index (χ0) is 12.2. The van der Waals surface area contributed by atoms with Crippen LogP contribution in [0.15, 0.2) is 0 Å². The van der Waals surface area contributed by atoms with E-state index in [1.54, 1.807) is 0 Å². The molecule has 12 rings (SSSR count). The van der Waals surface area contributed by atoms with Gasteiger partial charge in [-0.05, 0) is 94.7 Å². The smallest absolute Gasteiger partial charge is 0.0484 e. The van der Waals surface area contributed by atoms with Crippen molar-refractivity contribution in [3.63, 3.8) is 0 Å². The summed E-state index contributed by atoms with van der Waals surface area (Å²) >= 11 is 9.11. The molecular weight excluding hydrogens is 376 g/mol. The molecule has 0 aromatic carbocycles. The third kappa shape index (κ3) is 0.411. The molecule has 8 unspecified atom stereocenters. The Labute approximate surface area is 135 Å². The van der Waals surface area contributed by atoms with Gasteiger partial charge in [-0.15, -0.1) is 0 Å². The summed E-state index contributed by atoms with van der Waals surface area (Å²) in [7, 11) is 0. The van der Waals surface area contributed by atoms with Crippen LogP contribution < -0.4 is 0 Å². The Morgan fingerprint density at radius 3 is 0.750 bits per heavy atom. The van der Waals surface area contributed by atoms with Gasteiger partial charge in [-0.1, -0.05) is 31.9 Å². The van der Waals surface area contributed by atoms with Crippen molar-refractivity contribution in [3.05, 3.63) is 0 Å². The minimum absolute atomic E-state index is 0.573. The second kappa shape index (κ2) is 1.93. The molecule has 4 bridgehead atoms. The molecular formula is C18H16Br2. The van der Waals surface area contributed by atoms with Gasteiger partial charge in [0.25, 0.3) is 0 Å². The Balaban J connectivity index is 1.28. The van der Waals surface area contributed by atoms with Crippen LogP contribution in [0.5, 0.6) is 0 Å². The summed E-state index contributed by atoms with van der Waals surface area (Å²) in [6.07, 6.45) is 0. The molecule has 12 fully saturated rings. The average molecular weight is 392 g/mol. The highest BCUT2D eigenvalue weighted by molar-refractivity contribution is 9.13. The Kier molecular flexibility index (Phi) is 0.898. The highest BCUT2D eigenvalue weighted by Crippen LogP contribution is 3.05. The van der Waals surface area contributed by atoms with Gasteiger partial charge in [-0.2, -0.15) is 0 Å². The molecule has 0 saturated heterocycles. The van der Waals surface area contributed by atoms with E-state index in [1.165, 1.54) is 71.0 Å². The van der Waals surface area contributed by atoms with Gasteiger partial charge in [0.05, 0.1) is 0 Å². The van der Waals surface area contributed by atoms with Crippen molar-refractivity contribution in [2.45, 2.75) is 8.65 Å². The number of hydrogen-bond donors (Lipinski definition) is 0. The highest BCUT2D eigenvalue weighted by atomic mass is 79.9. The van der Waals surface area contributed by atoms with Crippen LogP contribution in [0, 0.1) is 94.7 Å². The second-order valence-electron chi connectivity index (χ2n) is 10.6. The fourth-order valence-electron chi connectivity index (χ4n) is 12.5. The summed E-state index contributed by atoms with van der Waals surface area (Å²) in [6, 6.07) is 0. The van der Waals surface area contributed by atoms with Gasteiger partial charge in [-0.3, -0.25) is 0 Å². The topological polar surface area (TPSA) is 0 Å². The van der Waals surface area contributed by atoms with Crippen LogP contribution in [-0.2, 0) is 0 Å². The molecule has 0 heterocycles. The summed E-state index contributed by atoms with van der Waals surface area (Å²) < 4.78 is 1.15. The van der Waals surface area contributed by atoms with E-state index in [0.717, 1.165) is 23.7 Å². The zero-order valence-electron chi connectivity index (χ0n) is 11.0. The van der Waals surface area contributed by atoms with Gasteiger partial charge in [0.1, 0.15) is 0 Å². The summed E-state index contributed by atoms with van der Waals surface area (Å²) in [5, 5.41) is 0. The molecule has 0 aromatic rings. The molecule has 2 heteroatoms. The first-order valence-electron chi connectivity index (χ1n) is 9.12. The molecule has 12 aliphatic rings. The largest absolute Gasteiger partial charge is 0.0831 e. The lowest BCUT2D eigenvalue weighted by Crippen LogP contribution is -2.81. The van der Waals surface area contributed by atoms with Gasteiger partial charge in [0.2, 0.25) is 0 Å². The molecule has 0 amide bonds. The van der Waals surface area contributed by atoms with Gasteiger partial charge >= 0.3 is 0 Å². The second-order valence-corrected chi connectivity index (χ2v) is 13.2. The van der Waals surface area contributed by atoms with Crippen molar-refractivity contribution in [3.8, 4) is 0 Å². The zero-order valence-corrected chi connectivity index (χ0v) is 14.2. The molecule has 12 saturated carbocycles. The lowest BCUT2D eigenvalue weighted by Gasteiger charge is -2.84. The van der Waals surface area contributed by atoms with Gasteiger partial charge in [0, 0.05) is 8.65 Å². The van der Waals surface area contributed by atoms with E-state index in [9.17, 15) is 0 Å². The predicted molar refractivity (Wildman–Crippen MR) is 79.2 cm³/mol. The maximum atomic E-state index is 4.56. The molecule has 0 spiro atoms. The van der Waals surface area contributed by atoms with Crippen LogP contribution in [0.4, 0.5) is 0 Å².